The van der Waals surface area contributed by atoms with Gasteiger partial charge in [-0.3, -0.25) is 14.4 Å². The van der Waals surface area contributed by atoms with E-state index in [2.05, 4.69) is 5.32 Å². The van der Waals surface area contributed by atoms with Crippen LogP contribution in [0.5, 0.6) is 0 Å². The van der Waals surface area contributed by atoms with Gasteiger partial charge in [-0.15, -0.1) is 11.3 Å². The van der Waals surface area contributed by atoms with Gasteiger partial charge < -0.3 is 15.1 Å². The summed E-state index contributed by atoms with van der Waals surface area (Å²) in [7, 11) is 0. The Labute approximate surface area is 120 Å². The molecule has 1 aromatic heterocycles. The molecule has 106 valence electrons. The Hall–Kier alpha value is -1.89. The summed E-state index contributed by atoms with van der Waals surface area (Å²) in [5.74, 6) is -0.322. The van der Waals surface area contributed by atoms with E-state index in [0.29, 0.717) is 18.0 Å². The first-order chi connectivity index (χ1) is 9.58. The van der Waals surface area contributed by atoms with Crippen molar-refractivity contribution >= 4 is 29.1 Å². The molecule has 0 radical (unpaired) electrons. The van der Waals surface area contributed by atoms with Crippen LogP contribution < -0.4 is 5.32 Å². The maximum absolute atomic E-state index is 12.3. The summed E-state index contributed by atoms with van der Waals surface area (Å²) in [5, 5.41) is 4.51. The molecule has 0 spiro atoms. The van der Waals surface area contributed by atoms with Gasteiger partial charge in [-0.05, 0) is 18.4 Å². The van der Waals surface area contributed by atoms with Gasteiger partial charge in [-0.25, -0.2) is 0 Å². The van der Waals surface area contributed by atoms with Crippen LogP contribution in [-0.4, -0.2) is 59.2 Å². The van der Waals surface area contributed by atoms with Crippen molar-refractivity contribution in [2.45, 2.75) is 19.0 Å². The second-order valence-electron chi connectivity index (χ2n) is 5.01. The molecule has 3 amide bonds. The van der Waals surface area contributed by atoms with E-state index in [-0.39, 0.29) is 24.3 Å². The Kier molecular flexibility index (Phi) is 3.21. The quantitative estimate of drug-likeness (QED) is 0.787. The molecule has 0 saturated carbocycles. The lowest BCUT2D eigenvalue weighted by Gasteiger charge is -2.44. The predicted octanol–water partition coefficient (Wildman–Crippen LogP) is -0.0806. The summed E-state index contributed by atoms with van der Waals surface area (Å²) < 4.78 is 0. The van der Waals surface area contributed by atoms with Gasteiger partial charge >= 0.3 is 0 Å². The summed E-state index contributed by atoms with van der Waals surface area (Å²) in [4.78, 5) is 40.2. The monoisotopic (exact) mass is 293 g/mol. The van der Waals surface area contributed by atoms with Crippen molar-refractivity contribution in [1.82, 2.24) is 15.1 Å². The number of thiophene rings is 1. The van der Waals surface area contributed by atoms with Gasteiger partial charge in [0.2, 0.25) is 11.8 Å². The second kappa shape index (κ2) is 4.90. The van der Waals surface area contributed by atoms with Gasteiger partial charge in [0.15, 0.2) is 0 Å². The van der Waals surface area contributed by atoms with Gasteiger partial charge in [-0.2, -0.15) is 0 Å². The molecule has 0 bridgehead atoms. The van der Waals surface area contributed by atoms with Gasteiger partial charge in [0.25, 0.3) is 5.91 Å². The van der Waals surface area contributed by atoms with Crippen molar-refractivity contribution in [1.29, 1.82) is 0 Å². The SMILES string of the molecule is C[C@H]1NC(=O)[C@H]2CN(C(=O)c3cccs3)CCN2C1=O. The Morgan fingerprint density at radius 1 is 1.40 bits per heavy atom. The fraction of sp³-hybridized carbons (Fsp3) is 0.462. The minimum absolute atomic E-state index is 0.0708. The van der Waals surface area contributed by atoms with Crippen LogP contribution in [0.25, 0.3) is 0 Å². The number of amides is 3. The van der Waals surface area contributed by atoms with Gasteiger partial charge in [0.05, 0.1) is 11.4 Å². The van der Waals surface area contributed by atoms with Crippen LogP contribution >= 0.6 is 11.3 Å². The van der Waals surface area contributed by atoms with Crippen LogP contribution in [-0.2, 0) is 9.59 Å². The highest BCUT2D eigenvalue weighted by Gasteiger charge is 2.42. The molecule has 1 N–H and O–H groups in total. The molecular weight excluding hydrogens is 278 g/mol. The summed E-state index contributed by atoms with van der Waals surface area (Å²) in [6, 6.07) is 2.56. The van der Waals surface area contributed by atoms with Crippen molar-refractivity contribution in [2.75, 3.05) is 19.6 Å². The smallest absolute Gasteiger partial charge is 0.264 e. The summed E-state index contributed by atoms with van der Waals surface area (Å²) in [5.41, 5.74) is 0. The number of nitrogens with zero attached hydrogens (tertiary/aromatic N) is 2. The molecule has 20 heavy (non-hydrogen) atoms. The molecule has 2 fully saturated rings. The Balaban J connectivity index is 1.76. The average molecular weight is 293 g/mol. The molecule has 3 heterocycles. The lowest BCUT2D eigenvalue weighted by molar-refractivity contribution is -0.151. The largest absolute Gasteiger partial charge is 0.343 e. The number of hydrogen-bond donors (Lipinski definition) is 1. The molecule has 0 aliphatic carbocycles. The first-order valence-corrected chi connectivity index (χ1v) is 7.39. The van der Waals surface area contributed by atoms with Crippen molar-refractivity contribution in [3.05, 3.63) is 22.4 Å². The third kappa shape index (κ3) is 2.07. The zero-order valence-corrected chi connectivity index (χ0v) is 11.9. The van der Waals surface area contributed by atoms with Crippen LogP contribution in [0.15, 0.2) is 17.5 Å². The first-order valence-electron chi connectivity index (χ1n) is 6.51. The Morgan fingerprint density at radius 3 is 2.90 bits per heavy atom. The number of piperazine rings is 2. The maximum Gasteiger partial charge on any atom is 0.264 e. The van der Waals surface area contributed by atoms with E-state index in [9.17, 15) is 14.4 Å². The van der Waals surface area contributed by atoms with Gasteiger partial charge in [0.1, 0.15) is 12.1 Å². The van der Waals surface area contributed by atoms with E-state index < -0.39 is 12.1 Å². The summed E-state index contributed by atoms with van der Waals surface area (Å²) in [6.45, 7) is 2.83. The second-order valence-corrected chi connectivity index (χ2v) is 5.95. The van der Waals surface area contributed by atoms with Crippen molar-refractivity contribution < 1.29 is 14.4 Å². The molecule has 2 aliphatic heterocycles. The fourth-order valence-corrected chi connectivity index (χ4v) is 3.32. The van der Waals surface area contributed by atoms with Gasteiger partial charge in [0, 0.05) is 13.1 Å². The number of fused-ring (bicyclic) bond motifs is 1. The van der Waals surface area contributed by atoms with E-state index in [1.165, 1.54) is 11.3 Å². The molecule has 2 saturated heterocycles. The van der Waals surface area contributed by atoms with E-state index in [0.717, 1.165) is 0 Å². The Bertz CT molecular complexity index is 557. The number of hydrogen-bond acceptors (Lipinski definition) is 4. The minimum atomic E-state index is -0.559. The molecule has 2 atom stereocenters. The van der Waals surface area contributed by atoms with Crippen molar-refractivity contribution in [3.63, 3.8) is 0 Å². The normalized spacial score (nSPS) is 26.2. The molecule has 3 rings (SSSR count). The van der Waals surface area contributed by atoms with Crippen LogP contribution in [0.3, 0.4) is 0 Å². The van der Waals surface area contributed by atoms with E-state index in [1.54, 1.807) is 22.8 Å². The first kappa shape index (κ1) is 13.1. The maximum atomic E-state index is 12.3. The van der Waals surface area contributed by atoms with Crippen molar-refractivity contribution in [2.24, 2.45) is 0 Å². The molecule has 0 unspecified atom stereocenters. The topological polar surface area (TPSA) is 69.7 Å². The zero-order chi connectivity index (χ0) is 14.3. The molecule has 6 nitrogen and oxygen atoms in total. The van der Waals surface area contributed by atoms with Crippen molar-refractivity contribution in [3.8, 4) is 0 Å². The summed E-state index contributed by atoms with van der Waals surface area (Å²) in [6.07, 6.45) is 0. The van der Waals surface area contributed by atoms with Crippen LogP contribution in [0.2, 0.25) is 0 Å². The molecule has 0 aromatic carbocycles. The third-order valence-corrected chi connectivity index (χ3v) is 4.57. The van der Waals surface area contributed by atoms with Crippen LogP contribution in [0.4, 0.5) is 0 Å². The standard InChI is InChI=1S/C13H15N3O3S/c1-8-12(18)16-5-4-15(7-9(16)11(17)14-8)13(19)10-3-2-6-20-10/h2-3,6,8-9H,4-5,7H2,1H3,(H,14,17)/t8-,9-/m1/s1. The number of rotatable bonds is 1. The predicted molar refractivity (Wildman–Crippen MR) is 73.3 cm³/mol. The Morgan fingerprint density at radius 2 is 2.20 bits per heavy atom. The third-order valence-electron chi connectivity index (χ3n) is 3.71. The van der Waals surface area contributed by atoms with E-state index >= 15 is 0 Å². The lowest BCUT2D eigenvalue weighted by atomic mass is 10.0. The highest BCUT2D eigenvalue weighted by molar-refractivity contribution is 7.12. The van der Waals surface area contributed by atoms with Crippen LogP contribution in [0.1, 0.15) is 16.6 Å². The number of carbonyl (C=O) groups excluding carboxylic acids is 3. The lowest BCUT2D eigenvalue weighted by Crippen LogP contribution is -2.69. The summed E-state index contributed by atoms with van der Waals surface area (Å²) >= 11 is 1.38. The van der Waals surface area contributed by atoms with E-state index in [4.69, 9.17) is 0 Å². The molecular formula is C13H15N3O3S. The number of nitrogens with one attached hydrogen (secondary N) is 1. The van der Waals surface area contributed by atoms with E-state index in [1.807, 2.05) is 11.4 Å². The number of carbonyl (C=O) groups is 3. The van der Waals surface area contributed by atoms with Gasteiger partial charge in [-0.1, -0.05) is 6.07 Å². The molecule has 2 aliphatic rings. The minimum Gasteiger partial charge on any atom is -0.343 e. The average Bonchev–Trinajstić information content (AvgIpc) is 2.98. The molecule has 1 aromatic rings. The molecule has 7 heteroatoms. The highest BCUT2D eigenvalue weighted by atomic mass is 32.1. The fourth-order valence-electron chi connectivity index (χ4n) is 2.63. The zero-order valence-electron chi connectivity index (χ0n) is 11.0. The van der Waals surface area contributed by atoms with Crippen LogP contribution in [0, 0.1) is 0 Å². The highest BCUT2D eigenvalue weighted by Crippen LogP contribution is 2.19.